The highest BCUT2D eigenvalue weighted by molar-refractivity contribution is 7.99. The summed E-state index contributed by atoms with van der Waals surface area (Å²) >= 11 is 1.56. The molecule has 0 fully saturated rings. The quantitative estimate of drug-likeness (QED) is 0.337. The number of para-hydroxylation sites is 1. The van der Waals surface area contributed by atoms with Crippen molar-refractivity contribution in [2.45, 2.75) is 23.7 Å². The van der Waals surface area contributed by atoms with Gasteiger partial charge in [-0.1, -0.05) is 54.6 Å². The summed E-state index contributed by atoms with van der Waals surface area (Å²) < 4.78 is 11.1. The van der Waals surface area contributed by atoms with Gasteiger partial charge in [-0.05, 0) is 42.3 Å². The number of nitrogens with zero attached hydrogens (tertiary/aromatic N) is 1. The number of thioether (sulfide) groups is 1. The topological polar surface area (TPSA) is 55.8 Å². The first-order chi connectivity index (χ1) is 16.1. The van der Waals surface area contributed by atoms with Crippen LogP contribution in [0.2, 0.25) is 0 Å². The normalized spacial score (nSPS) is 17.9. The lowest BCUT2D eigenvalue weighted by atomic mass is 9.93. The molecular formula is C27H27NO4S. The van der Waals surface area contributed by atoms with E-state index in [1.165, 1.54) is 6.92 Å². The average molecular weight is 462 g/mol. The second-order valence-corrected chi connectivity index (χ2v) is 9.08. The van der Waals surface area contributed by atoms with Gasteiger partial charge in [-0.2, -0.15) is 0 Å². The molecule has 0 radical (unpaired) electrons. The minimum absolute atomic E-state index is 0.142. The summed E-state index contributed by atoms with van der Waals surface area (Å²) in [6.07, 6.45) is 0. The van der Waals surface area contributed by atoms with Gasteiger partial charge in [0.25, 0.3) is 0 Å². The van der Waals surface area contributed by atoms with E-state index >= 15 is 0 Å². The second-order valence-electron chi connectivity index (χ2n) is 7.90. The average Bonchev–Trinajstić information content (AvgIpc) is 2.96. The van der Waals surface area contributed by atoms with Crippen molar-refractivity contribution in [3.63, 3.8) is 0 Å². The highest BCUT2D eigenvalue weighted by atomic mass is 32.2. The van der Waals surface area contributed by atoms with Gasteiger partial charge in [-0.25, -0.2) is 0 Å². The Hall–Kier alpha value is -3.09. The first-order valence-corrected chi connectivity index (χ1v) is 11.8. The fraction of sp³-hybridized carbons (Fsp3) is 0.259. The Kier molecular flexibility index (Phi) is 7.47. The van der Waals surface area contributed by atoms with E-state index < -0.39 is 5.92 Å². The van der Waals surface area contributed by atoms with Crippen molar-refractivity contribution in [2.75, 3.05) is 25.2 Å². The molecular weight excluding hydrogens is 434 g/mol. The number of anilines is 1. The number of amides is 1. The van der Waals surface area contributed by atoms with E-state index in [2.05, 4.69) is 0 Å². The van der Waals surface area contributed by atoms with Crippen LogP contribution in [-0.4, -0.2) is 32.0 Å². The van der Waals surface area contributed by atoms with Crippen LogP contribution in [0.4, 0.5) is 5.69 Å². The van der Waals surface area contributed by atoms with Crippen LogP contribution in [0.5, 0.6) is 5.75 Å². The first kappa shape index (κ1) is 23.1. The van der Waals surface area contributed by atoms with Gasteiger partial charge in [0.1, 0.15) is 17.5 Å². The summed E-state index contributed by atoms with van der Waals surface area (Å²) in [6, 6.07) is 25.3. The molecule has 1 heterocycles. The van der Waals surface area contributed by atoms with Gasteiger partial charge >= 0.3 is 0 Å². The van der Waals surface area contributed by atoms with Crippen molar-refractivity contribution in [2.24, 2.45) is 5.92 Å². The largest absolute Gasteiger partial charge is 0.497 e. The third-order valence-electron chi connectivity index (χ3n) is 5.70. The van der Waals surface area contributed by atoms with Crippen molar-refractivity contribution >= 4 is 29.1 Å². The maximum atomic E-state index is 13.7. The molecule has 4 rings (SSSR count). The third-order valence-corrected chi connectivity index (χ3v) is 7.10. The van der Waals surface area contributed by atoms with Crippen LogP contribution in [0, 0.1) is 5.92 Å². The molecule has 33 heavy (non-hydrogen) atoms. The Morgan fingerprint density at radius 3 is 2.36 bits per heavy atom. The number of fused-ring (bicyclic) bond motifs is 1. The molecule has 0 unspecified atom stereocenters. The molecule has 0 bridgehead atoms. The number of methoxy groups -OCH3 is 1. The van der Waals surface area contributed by atoms with Gasteiger partial charge in [0.15, 0.2) is 0 Å². The SMILES string of the molecule is COc1ccc([C@H]2Sc3ccccc3N(CCOCc3ccccc3)C(=O)[C@@H]2C(C)=O)cc1. The molecule has 0 spiro atoms. The van der Waals surface area contributed by atoms with E-state index in [-0.39, 0.29) is 16.9 Å². The Bertz CT molecular complexity index is 1100. The van der Waals surface area contributed by atoms with Gasteiger partial charge in [-0.15, -0.1) is 11.8 Å². The lowest BCUT2D eigenvalue weighted by Gasteiger charge is -2.26. The fourth-order valence-electron chi connectivity index (χ4n) is 3.99. The molecule has 2 atom stereocenters. The molecule has 0 aliphatic carbocycles. The molecule has 0 N–H and O–H groups in total. The fourth-order valence-corrected chi connectivity index (χ4v) is 5.46. The van der Waals surface area contributed by atoms with E-state index in [0.717, 1.165) is 27.5 Å². The van der Waals surface area contributed by atoms with Gasteiger partial charge in [-0.3, -0.25) is 9.59 Å². The Morgan fingerprint density at radius 1 is 0.970 bits per heavy atom. The second kappa shape index (κ2) is 10.7. The smallest absolute Gasteiger partial charge is 0.239 e. The summed E-state index contributed by atoms with van der Waals surface area (Å²) in [5, 5.41) is -0.322. The minimum atomic E-state index is -0.787. The van der Waals surface area contributed by atoms with Gasteiger partial charge < -0.3 is 14.4 Å². The van der Waals surface area contributed by atoms with Crippen LogP contribution in [0.15, 0.2) is 83.8 Å². The molecule has 6 heteroatoms. The van der Waals surface area contributed by atoms with Crippen LogP contribution in [-0.2, 0) is 20.9 Å². The van der Waals surface area contributed by atoms with Crippen LogP contribution in [0.25, 0.3) is 0 Å². The highest BCUT2D eigenvalue weighted by Crippen LogP contribution is 2.48. The van der Waals surface area contributed by atoms with Crippen LogP contribution in [0.1, 0.15) is 23.3 Å². The molecule has 5 nitrogen and oxygen atoms in total. The standard InChI is InChI=1S/C27H27NO4S/c1-19(29)25-26(21-12-14-22(31-2)15-13-21)33-24-11-7-6-10-23(24)28(27(25)30)16-17-32-18-20-8-4-3-5-9-20/h3-15,25-26H,16-18H2,1-2H3/t25-,26-/m1/s1. The molecule has 170 valence electrons. The van der Waals surface area contributed by atoms with Gasteiger partial charge in [0.2, 0.25) is 5.91 Å². The van der Waals surface area contributed by atoms with Gasteiger partial charge in [0, 0.05) is 11.4 Å². The lowest BCUT2D eigenvalue weighted by Crippen LogP contribution is -2.41. The van der Waals surface area contributed by atoms with Crippen LogP contribution < -0.4 is 9.64 Å². The predicted octanol–water partition coefficient (Wildman–Crippen LogP) is 5.30. The Labute approximate surface area is 198 Å². The predicted molar refractivity (Wildman–Crippen MR) is 131 cm³/mol. The molecule has 0 aromatic heterocycles. The van der Waals surface area contributed by atoms with Crippen LogP contribution >= 0.6 is 11.8 Å². The molecule has 0 saturated carbocycles. The number of rotatable bonds is 8. The first-order valence-electron chi connectivity index (χ1n) is 10.9. The Morgan fingerprint density at radius 2 is 1.67 bits per heavy atom. The molecule has 1 aliphatic heterocycles. The van der Waals surface area contributed by atoms with E-state index in [9.17, 15) is 9.59 Å². The minimum Gasteiger partial charge on any atom is -0.497 e. The monoisotopic (exact) mass is 461 g/mol. The van der Waals surface area contributed by atoms with Crippen molar-refractivity contribution in [3.05, 3.63) is 90.0 Å². The molecule has 0 saturated heterocycles. The lowest BCUT2D eigenvalue weighted by molar-refractivity contribution is -0.131. The summed E-state index contributed by atoms with van der Waals surface area (Å²) in [4.78, 5) is 29.2. The molecule has 3 aromatic carbocycles. The number of ketones is 1. The van der Waals surface area contributed by atoms with Crippen molar-refractivity contribution in [3.8, 4) is 5.75 Å². The Balaban J connectivity index is 1.60. The van der Waals surface area contributed by atoms with Crippen molar-refractivity contribution < 1.29 is 19.1 Å². The van der Waals surface area contributed by atoms with Crippen molar-refractivity contribution in [1.29, 1.82) is 0 Å². The van der Waals surface area contributed by atoms with E-state index in [0.29, 0.717) is 19.8 Å². The van der Waals surface area contributed by atoms with Crippen molar-refractivity contribution in [1.82, 2.24) is 0 Å². The maximum absolute atomic E-state index is 13.7. The zero-order chi connectivity index (χ0) is 23.2. The summed E-state index contributed by atoms with van der Waals surface area (Å²) in [5.74, 6) is -0.383. The zero-order valence-electron chi connectivity index (χ0n) is 18.8. The summed E-state index contributed by atoms with van der Waals surface area (Å²) in [7, 11) is 1.62. The number of Topliss-reactive ketones (excluding diaryl/α,β-unsaturated/α-hetero) is 1. The third kappa shape index (κ3) is 5.29. The van der Waals surface area contributed by atoms with Crippen LogP contribution in [0.3, 0.4) is 0 Å². The number of benzene rings is 3. The molecule has 3 aromatic rings. The molecule has 1 aliphatic rings. The van der Waals surface area contributed by atoms with Gasteiger partial charge in [0.05, 0.1) is 31.3 Å². The number of carbonyl (C=O) groups is 2. The number of ether oxygens (including phenoxy) is 2. The zero-order valence-corrected chi connectivity index (χ0v) is 19.6. The number of hydrogen-bond donors (Lipinski definition) is 0. The maximum Gasteiger partial charge on any atom is 0.239 e. The van der Waals surface area contributed by atoms with E-state index in [1.807, 2.05) is 78.9 Å². The number of hydrogen-bond acceptors (Lipinski definition) is 5. The summed E-state index contributed by atoms with van der Waals surface area (Å²) in [6.45, 7) is 2.73. The van der Waals surface area contributed by atoms with E-state index in [4.69, 9.17) is 9.47 Å². The van der Waals surface area contributed by atoms with E-state index in [1.54, 1.807) is 23.8 Å². The molecule has 1 amide bonds. The summed E-state index contributed by atoms with van der Waals surface area (Å²) in [5.41, 5.74) is 2.82. The number of carbonyl (C=O) groups excluding carboxylic acids is 2. The highest BCUT2D eigenvalue weighted by Gasteiger charge is 2.41.